The molecule has 1 aromatic rings. The molecule has 1 rings (SSSR count). The zero-order valence-electron chi connectivity index (χ0n) is 8.77. The fourth-order valence-corrected chi connectivity index (χ4v) is 2.37. The summed E-state index contributed by atoms with van der Waals surface area (Å²) in [6.45, 7) is 4.28. The van der Waals surface area contributed by atoms with Gasteiger partial charge in [-0.15, -0.1) is 0 Å². The SMILES string of the molecule is CCP(=O)(CC)OCc1ccccc1. The van der Waals surface area contributed by atoms with Crippen LogP contribution in [0.25, 0.3) is 0 Å². The molecule has 0 aromatic heterocycles. The minimum atomic E-state index is -2.35. The Morgan fingerprint density at radius 3 is 2.21 bits per heavy atom. The van der Waals surface area contributed by atoms with Crippen molar-refractivity contribution in [3.8, 4) is 0 Å². The second-order valence-corrected chi connectivity index (χ2v) is 6.36. The lowest BCUT2D eigenvalue weighted by atomic mass is 10.2. The van der Waals surface area contributed by atoms with Crippen LogP contribution in [0.5, 0.6) is 0 Å². The van der Waals surface area contributed by atoms with Crippen molar-refractivity contribution in [1.29, 1.82) is 0 Å². The van der Waals surface area contributed by atoms with Gasteiger partial charge in [-0.3, -0.25) is 4.57 Å². The highest BCUT2D eigenvalue weighted by Crippen LogP contribution is 2.46. The monoisotopic (exact) mass is 212 g/mol. The van der Waals surface area contributed by atoms with E-state index < -0.39 is 7.37 Å². The van der Waals surface area contributed by atoms with Crippen LogP contribution in [0.1, 0.15) is 19.4 Å². The van der Waals surface area contributed by atoms with E-state index >= 15 is 0 Å². The van der Waals surface area contributed by atoms with E-state index in [0.29, 0.717) is 18.9 Å². The van der Waals surface area contributed by atoms with Gasteiger partial charge in [0.25, 0.3) is 0 Å². The first-order valence-electron chi connectivity index (χ1n) is 4.96. The first kappa shape index (κ1) is 11.5. The first-order chi connectivity index (χ1) is 6.70. The third-order valence-electron chi connectivity index (χ3n) is 2.27. The van der Waals surface area contributed by atoms with E-state index in [9.17, 15) is 4.57 Å². The number of hydrogen-bond donors (Lipinski definition) is 0. The summed E-state index contributed by atoms with van der Waals surface area (Å²) in [6, 6.07) is 9.84. The van der Waals surface area contributed by atoms with Crippen LogP contribution in [0.3, 0.4) is 0 Å². The number of hydrogen-bond acceptors (Lipinski definition) is 2. The Balaban J connectivity index is 2.52. The third-order valence-corrected chi connectivity index (χ3v) is 4.80. The van der Waals surface area contributed by atoms with Gasteiger partial charge in [0.15, 0.2) is 0 Å². The Morgan fingerprint density at radius 2 is 1.71 bits per heavy atom. The topological polar surface area (TPSA) is 26.3 Å². The molecule has 2 nitrogen and oxygen atoms in total. The highest BCUT2D eigenvalue weighted by atomic mass is 31.2. The molecule has 14 heavy (non-hydrogen) atoms. The Labute approximate surface area is 85.7 Å². The molecule has 0 aliphatic carbocycles. The van der Waals surface area contributed by atoms with Crippen LogP contribution in [0.15, 0.2) is 30.3 Å². The maximum Gasteiger partial charge on any atom is 0.202 e. The smallest absolute Gasteiger partial charge is 0.202 e. The lowest BCUT2D eigenvalue weighted by Crippen LogP contribution is -1.96. The van der Waals surface area contributed by atoms with Crippen LogP contribution in [0, 0.1) is 0 Å². The zero-order valence-corrected chi connectivity index (χ0v) is 9.67. The van der Waals surface area contributed by atoms with Gasteiger partial charge in [0.05, 0.1) is 6.61 Å². The summed E-state index contributed by atoms with van der Waals surface area (Å²) >= 11 is 0. The predicted molar refractivity (Wildman–Crippen MR) is 59.9 cm³/mol. The average Bonchev–Trinajstić information content (AvgIpc) is 2.27. The molecule has 0 spiro atoms. The van der Waals surface area contributed by atoms with Gasteiger partial charge in [-0.25, -0.2) is 0 Å². The minimum Gasteiger partial charge on any atom is -0.324 e. The fourth-order valence-electron chi connectivity index (χ4n) is 1.17. The molecule has 0 unspecified atom stereocenters. The quantitative estimate of drug-likeness (QED) is 0.698. The van der Waals surface area contributed by atoms with E-state index in [1.54, 1.807) is 0 Å². The Bertz CT molecular complexity index is 300. The van der Waals surface area contributed by atoms with Crippen LogP contribution in [0.2, 0.25) is 0 Å². The molecule has 3 heteroatoms. The van der Waals surface area contributed by atoms with Gasteiger partial charge in [0.2, 0.25) is 7.37 Å². The lowest BCUT2D eigenvalue weighted by molar-refractivity contribution is 0.304. The summed E-state index contributed by atoms with van der Waals surface area (Å²) in [6.07, 6.45) is 1.24. The van der Waals surface area contributed by atoms with E-state index in [4.69, 9.17) is 4.52 Å². The summed E-state index contributed by atoms with van der Waals surface area (Å²) in [4.78, 5) is 0. The van der Waals surface area contributed by atoms with E-state index in [2.05, 4.69) is 0 Å². The van der Waals surface area contributed by atoms with Crippen LogP contribution in [0.4, 0.5) is 0 Å². The maximum atomic E-state index is 11.9. The van der Waals surface area contributed by atoms with Crippen LogP contribution in [-0.4, -0.2) is 12.3 Å². The first-order valence-corrected chi connectivity index (χ1v) is 6.96. The third kappa shape index (κ3) is 3.28. The minimum absolute atomic E-state index is 0.458. The Morgan fingerprint density at radius 1 is 1.14 bits per heavy atom. The van der Waals surface area contributed by atoms with Gasteiger partial charge in [-0.05, 0) is 5.56 Å². The molecule has 0 atom stereocenters. The van der Waals surface area contributed by atoms with Gasteiger partial charge in [0.1, 0.15) is 0 Å². The molecule has 0 aliphatic rings. The summed E-state index contributed by atoms with van der Waals surface area (Å²) in [7, 11) is -2.35. The van der Waals surface area contributed by atoms with Gasteiger partial charge in [0, 0.05) is 12.3 Å². The molecule has 0 N–H and O–H groups in total. The molecule has 0 heterocycles. The molecule has 0 bridgehead atoms. The van der Waals surface area contributed by atoms with Crippen molar-refractivity contribution in [2.24, 2.45) is 0 Å². The Kier molecular flexibility index (Phi) is 4.37. The lowest BCUT2D eigenvalue weighted by Gasteiger charge is -2.14. The Hall–Kier alpha value is -0.590. The molecule has 0 saturated heterocycles. The van der Waals surface area contributed by atoms with Crippen molar-refractivity contribution >= 4 is 7.37 Å². The largest absolute Gasteiger partial charge is 0.324 e. The standard InChI is InChI=1S/C11H17O2P/c1-3-14(12,4-2)13-10-11-8-6-5-7-9-11/h5-9H,3-4,10H2,1-2H3. The highest BCUT2D eigenvalue weighted by Gasteiger charge is 2.17. The van der Waals surface area contributed by atoms with Crippen LogP contribution in [-0.2, 0) is 15.7 Å². The summed E-state index contributed by atoms with van der Waals surface area (Å²) in [5.41, 5.74) is 1.08. The molecule has 78 valence electrons. The van der Waals surface area contributed by atoms with Crippen molar-refractivity contribution in [3.05, 3.63) is 35.9 Å². The molecule has 0 aliphatic heterocycles. The van der Waals surface area contributed by atoms with Gasteiger partial charge < -0.3 is 4.52 Å². The molecule has 0 radical (unpaired) electrons. The zero-order chi connectivity index (χ0) is 10.4. The van der Waals surface area contributed by atoms with Gasteiger partial charge in [-0.2, -0.15) is 0 Å². The van der Waals surface area contributed by atoms with Crippen molar-refractivity contribution < 1.29 is 9.09 Å². The van der Waals surface area contributed by atoms with E-state index in [1.165, 1.54) is 0 Å². The van der Waals surface area contributed by atoms with Crippen LogP contribution >= 0.6 is 7.37 Å². The summed E-state index contributed by atoms with van der Waals surface area (Å²) in [5.74, 6) is 0. The number of benzene rings is 1. The average molecular weight is 212 g/mol. The normalized spacial score (nSPS) is 11.6. The van der Waals surface area contributed by atoms with E-state index in [1.807, 2.05) is 44.2 Å². The molecule has 0 saturated carbocycles. The van der Waals surface area contributed by atoms with E-state index in [0.717, 1.165) is 5.56 Å². The van der Waals surface area contributed by atoms with Crippen molar-refractivity contribution in [3.63, 3.8) is 0 Å². The molecule has 0 fully saturated rings. The fraction of sp³-hybridized carbons (Fsp3) is 0.455. The van der Waals surface area contributed by atoms with Crippen molar-refractivity contribution in [2.45, 2.75) is 20.5 Å². The molecule has 1 aromatic carbocycles. The summed E-state index contributed by atoms with van der Waals surface area (Å²) < 4.78 is 17.4. The molecular weight excluding hydrogens is 195 g/mol. The van der Waals surface area contributed by atoms with Crippen LogP contribution < -0.4 is 0 Å². The second kappa shape index (κ2) is 5.33. The molecule has 0 amide bonds. The highest BCUT2D eigenvalue weighted by molar-refractivity contribution is 7.58. The second-order valence-electron chi connectivity index (χ2n) is 3.21. The summed E-state index contributed by atoms with van der Waals surface area (Å²) in [5, 5.41) is 0. The van der Waals surface area contributed by atoms with Gasteiger partial charge >= 0.3 is 0 Å². The van der Waals surface area contributed by atoms with E-state index in [-0.39, 0.29) is 0 Å². The maximum absolute atomic E-state index is 11.9. The van der Waals surface area contributed by atoms with Crippen molar-refractivity contribution in [2.75, 3.05) is 12.3 Å². The number of rotatable bonds is 5. The molecular formula is C11H17O2P. The van der Waals surface area contributed by atoms with Crippen molar-refractivity contribution in [1.82, 2.24) is 0 Å². The van der Waals surface area contributed by atoms with Gasteiger partial charge in [-0.1, -0.05) is 44.2 Å². The predicted octanol–water partition coefficient (Wildman–Crippen LogP) is 3.52.